The lowest BCUT2D eigenvalue weighted by atomic mass is 10.1. The third-order valence-corrected chi connectivity index (χ3v) is 4.86. The Balaban J connectivity index is 1.91. The lowest BCUT2D eigenvalue weighted by molar-refractivity contribution is 0.0738. The number of H-pyrrole nitrogens is 1. The van der Waals surface area contributed by atoms with E-state index in [1.54, 1.807) is 41.3 Å². The first-order chi connectivity index (χ1) is 15.0. The highest BCUT2D eigenvalue weighted by molar-refractivity contribution is 6.31. The minimum atomic E-state index is -0.264. The SMILES string of the molecule is CCCN(Cc1nc2cc(Cl)ccc2c(=O)[nH]1)C(=O)c1ccc(OCC)c(OCC)c1. The largest absolute Gasteiger partial charge is 0.490 e. The van der Waals surface area contributed by atoms with Gasteiger partial charge >= 0.3 is 0 Å². The van der Waals surface area contributed by atoms with Crippen LogP contribution in [0.15, 0.2) is 41.2 Å². The normalized spacial score (nSPS) is 10.8. The molecule has 0 saturated heterocycles. The number of rotatable bonds is 9. The van der Waals surface area contributed by atoms with Crippen LogP contribution in [-0.2, 0) is 6.54 Å². The van der Waals surface area contributed by atoms with Crippen molar-refractivity contribution < 1.29 is 14.3 Å². The number of hydrogen-bond donors (Lipinski definition) is 1. The standard InChI is InChI=1S/C23H26ClN3O4/c1-4-11-27(14-21-25-18-13-16(24)8-9-17(18)22(28)26-21)23(29)15-7-10-19(30-5-2)20(12-15)31-6-3/h7-10,12-13H,4-6,11,14H2,1-3H3,(H,25,26,28). The van der Waals surface area contributed by atoms with Crippen LogP contribution in [0.5, 0.6) is 11.5 Å². The fraction of sp³-hybridized carbons (Fsp3) is 0.348. The summed E-state index contributed by atoms with van der Waals surface area (Å²) < 4.78 is 11.2. The Morgan fingerprint density at radius 1 is 1.06 bits per heavy atom. The molecule has 3 aromatic rings. The van der Waals surface area contributed by atoms with Crippen LogP contribution < -0.4 is 15.0 Å². The van der Waals surface area contributed by atoms with Crippen LogP contribution >= 0.6 is 11.6 Å². The number of nitrogens with one attached hydrogen (secondary N) is 1. The molecule has 164 valence electrons. The Hall–Kier alpha value is -3.06. The maximum absolute atomic E-state index is 13.3. The Morgan fingerprint density at radius 2 is 1.81 bits per heavy atom. The molecule has 0 fully saturated rings. The molecule has 3 rings (SSSR count). The van der Waals surface area contributed by atoms with Gasteiger partial charge in [-0.15, -0.1) is 0 Å². The molecular formula is C23H26ClN3O4. The van der Waals surface area contributed by atoms with Gasteiger partial charge in [-0.3, -0.25) is 9.59 Å². The van der Waals surface area contributed by atoms with E-state index in [2.05, 4.69) is 9.97 Å². The summed E-state index contributed by atoms with van der Waals surface area (Å²) in [6.45, 7) is 7.39. The molecule has 0 aliphatic rings. The number of carbonyl (C=O) groups is 1. The molecule has 0 radical (unpaired) electrons. The van der Waals surface area contributed by atoms with Crippen LogP contribution in [0.3, 0.4) is 0 Å². The van der Waals surface area contributed by atoms with Crippen molar-refractivity contribution in [3.05, 3.63) is 63.2 Å². The first-order valence-electron chi connectivity index (χ1n) is 10.3. The second-order valence-corrected chi connectivity index (χ2v) is 7.36. The molecule has 0 aliphatic heterocycles. The summed E-state index contributed by atoms with van der Waals surface area (Å²) >= 11 is 6.05. The molecule has 1 heterocycles. The van der Waals surface area contributed by atoms with Crippen molar-refractivity contribution in [1.82, 2.24) is 14.9 Å². The number of amides is 1. The van der Waals surface area contributed by atoms with E-state index in [-0.39, 0.29) is 18.0 Å². The van der Waals surface area contributed by atoms with E-state index in [0.717, 1.165) is 6.42 Å². The maximum atomic E-state index is 13.3. The molecule has 2 aromatic carbocycles. The van der Waals surface area contributed by atoms with Gasteiger partial charge in [0.1, 0.15) is 5.82 Å². The smallest absolute Gasteiger partial charge is 0.258 e. The van der Waals surface area contributed by atoms with Crippen molar-refractivity contribution >= 4 is 28.4 Å². The molecule has 1 amide bonds. The van der Waals surface area contributed by atoms with Crippen molar-refractivity contribution in [1.29, 1.82) is 0 Å². The van der Waals surface area contributed by atoms with Gasteiger partial charge in [-0.2, -0.15) is 0 Å². The van der Waals surface area contributed by atoms with Crippen LogP contribution in [0.4, 0.5) is 0 Å². The molecule has 0 saturated carbocycles. The van der Waals surface area contributed by atoms with Crippen molar-refractivity contribution in [2.45, 2.75) is 33.7 Å². The van der Waals surface area contributed by atoms with E-state index < -0.39 is 0 Å². The van der Waals surface area contributed by atoms with Crippen LogP contribution in [-0.4, -0.2) is 40.5 Å². The van der Waals surface area contributed by atoms with Gasteiger partial charge < -0.3 is 19.4 Å². The first kappa shape index (κ1) is 22.6. The molecule has 31 heavy (non-hydrogen) atoms. The molecule has 0 spiro atoms. The van der Waals surface area contributed by atoms with Crippen molar-refractivity contribution in [3.63, 3.8) is 0 Å². The number of carbonyl (C=O) groups excluding carboxylic acids is 1. The monoisotopic (exact) mass is 443 g/mol. The summed E-state index contributed by atoms with van der Waals surface area (Å²) in [6, 6.07) is 10.1. The molecule has 1 aromatic heterocycles. The molecule has 0 aliphatic carbocycles. The predicted molar refractivity (Wildman–Crippen MR) is 121 cm³/mol. The van der Waals surface area contributed by atoms with E-state index in [9.17, 15) is 9.59 Å². The molecular weight excluding hydrogens is 418 g/mol. The minimum Gasteiger partial charge on any atom is -0.490 e. The van der Waals surface area contributed by atoms with Crippen molar-refractivity contribution in [2.24, 2.45) is 0 Å². The summed E-state index contributed by atoms with van der Waals surface area (Å²) in [7, 11) is 0. The highest BCUT2D eigenvalue weighted by Gasteiger charge is 2.19. The van der Waals surface area contributed by atoms with Crippen LogP contribution in [0.25, 0.3) is 10.9 Å². The molecule has 8 heteroatoms. The van der Waals surface area contributed by atoms with Gasteiger partial charge in [-0.1, -0.05) is 18.5 Å². The number of fused-ring (bicyclic) bond motifs is 1. The number of nitrogens with zero attached hydrogens (tertiary/aromatic N) is 2. The second kappa shape index (κ2) is 10.3. The number of benzene rings is 2. The molecule has 7 nitrogen and oxygen atoms in total. The lowest BCUT2D eigenvalue weighted by Crippen LogP contribution is -2.32. The van der Waals surface area contributed by atoms with E-state index in [1.807, 2.05) is 20.8 Å². The number of halogens is 1. The number of hydrogen-bond acceptors (Lipinski definition) is 5. The quantitative estimate of drug-likeness (QED) is 0.529. The molecule has 0 atom stereocenters. The van der Waals surface area contributed by atoms with Crippen LogP contribution in [0, 0.1) is 0 Å². The summed E-state index contributed by atoms with van der Waals surface area (Å²) in [6.07, 6.45) is 0.755. The number of ether oxygens (including phenoxy) is 2. The molecule has 0 unspecified atom stereocenters. The van der Waals surface area contributed by atoms with E-state index in [4.69, 9.17) is 21.1 Å². The van der Waals surface area contributed by atoms with Crippen molar-refractivity contribution in [3.8, 4) is 11.5 Å². The zero-order valence-electron chi connectivity index (χ0n) is 17.9. The number of aromatic nitrogens is 2. The summed E-state index contributed by atoms with van der Waals surface area (Å²) in [5.41, 5.74) is 0.710. The Kier molecular flexibility index (Phi) is 7.52. The van der Waals surface area contributed by atoms with Gasteiger partial charge in [0.2, 0.25) is 0 Å². The summed E-state index contributed by atoms with van der Waals surface area (Å²) in [5, 5.41) is 0.949. The third kappa shape index (κ3) is 5.35. The van der Waals surface area contributed by atoms with E-state index >= 15 is 0 Å². The Labute approximate surface area is 186 Å². The summed E-state index contributed by atoms with van der Waals surface area (Å²) in [5.74, 6) is 1.34. The minimum absolute atomic E-state index is 0.168. The highest BCUT2D eigenvalue weighted by atomic mass is 35.5. The predicted octanol–water partition coefficient (Wildman–Crippen LogP) is 4.43. The highest BCUT2D eigenvalue weighted by Crippen LogP contribution is 2.29. The average Bonchev–Trinajstić information content (AvgIpc) is 2.74. The van der Waals surface area contributed by atoms with Gasteiger partial charge in [0.15, 0.2) is 11.5 Å². The molecule has 1 N–H and O–H groups in total. The Morgan fingerprint density at radius 3 is 2.52 bits per heavy atom. The second-order valence-electron chi connectivity index (χ2n) is 6.93. The zero-order valence-corrected chi connectivity index (χ0v) is 18.7. The fourth-order valence-corrected chi connectivity index (χ4v) is 3.47. The topological polar surface area (TPSA) is 84.5 Å². The van der Waals surface area contributed by atoms with E-state index in [1.165, 1.54) is 0 Å². The summed E-state index contributed by atoms with van der Waals surface area (Å²) in [4.78, 5) is 34.6. The Bertz CT molecular complexity index is 1130. The molecule has 0 bridgehead atoms. The maximum Gasteiger partial charge on any atom is 0.258 e. The van der Waals surface area contributed by atoms with Gasteiger partial charge in [0.25, 0.3) is 11.5 Å². The fourth-order valence-electron chi connectivity index (χ4n) is 3.31. The van der Waals surface area contributed by atoms with Gasteiger partial charge in [0, 0.05) is 17.1 Å². The van der Waals surface area contributed by atoms with E-state index in [0.29, 0.717) is 58.6 Å². The van der Waals surface area contributed by atoms with Gasteiger partial charge in [-0.05, 0) is 56.7 Å². The van der Waals surface area contributed by atoms with Crippen LogP contribution in [0.1, 0.15) is 43.4 Å². The average molecular weight is 444 g/mol. The van der Waals surface area contributed by atoms with Crippen molar-refractivity contribution in [2.75, 3.05) is 19.8 Å². The van der Waals surface area contributed by atoms with Gasteiger partial charge in [0.05, 0.1) is 30.7 Å². The first-order valence-corrected chi connectivity index (χ1v) is 10.7. The van der Waals surface area contributed by atoms with Crippen LogP contribution in [0.2, 0.25) is 5.02 Å². The zero-order chi connectivity index (χ0) is 22.4. The third-order valence-electron chi connectivity index (χ3n) is 4.63. The van der Waals surface area contributed by atoms with Gasteiger partial charge in [-0.25, -0.2) is 4.98 Å². The lowest BCUT2D eigenvalue weighted by Gasteiger charge is -2.22. The number of aromatic amines is 1.